The maximum atomic E-state index is 9.13. The highest BCUT2D eigenvalue weighted by Crippen LogP contribution is 2.35. The summed E-state index contributed by atoms with van der Waals surface area (Å²) in [5, 5.41) is 12.5. The number of hydrogen-bond acceptors (Lipinski definition) is 3. The average Bonchev–Trinajstić information content (AvgIpc) is 2.52. The van der Waals surface area contributed by atoms with Crippen LogP contribution in [0.5, 0.6) is 5.75 Å². The maximum absolute atomic E-state index is 9.13. The van der Waals surface area contributed by atoms with E-state index in [0.29, 0.717) is 11.5 Å². The van der Waals surface area contributed by atoms with Crippen molar-refractivity contribution in [3.05, 3.63) is 58.1 Å². The minimum absolute atomic E-state index is 0.397. The predicted octanol–water partition coefficient (Wildman–Crippen LogP) is 4.30. The molecule has 0 radical (unpaired) electrons. The molecule has 0 amide bonds. The SMILES string of the molecule is N#Cc1ccccc1NC[C@@H]1CCOc2cc(Br)ccc21. The molecule has 0 spiro atoms. The Balaban J connectivity index is 1.77. The summed E-state index contributed by atoms with van der Waals surface area (Å²) in [7, 11) is 0. The Kier molecular flexibility index (Phi) is 4.12. The van der Waals surface area contributed by atoms with Crippen LogP contribution in [0.1, 0.15) is 23.5 Å². The highest BCUT2D eigenvalue weighted by Gasteiger charge is 2.21. The zero-order valence-electron chi connectivity index (χ0n) is 11.5. The molecule has 0 bridgehead atoms. The molecule has 0 aromatic heterocycles. The van der Waals surface area contributed by atoms with Crippen LogP contribution in [-0.2, 0) is 0 Å². The van der Waals surface area contributed by atoms with Gasteiger partial charge in [0.25, 0.3) is 0 Å². The van der Waals surface area contributed by atoms with Crippen LogP contribution in [0.25, 0.3) is 0 Å². The van der Waals surface area contributed by atoms with E-state index in [0.717, 1.165) is 35.5 Å². The van der Waals surface area contributed by atoms with Gasteiger partial charge in [-0.2, -0.15) is 5.26 Å². The molecule has 21 heavy (non-hydrogen) atoms. The number of para-hydroxylation sites is 1. The van der Waals surface area contributed by atoms with E-state index in [9.17, 15) is 0 Å². The van der Waals surface area contributed by atoms with Crippen LogP contribution in [0.4, 0.5) is 5.69 Å². The second-order valence-corrected chi connectivity index (χ2v) is 5.97. The van der Waals surface area contributed by atoms with Gasteiger partial charge < -0.3 is 10.1 Å². The van der Waals surface area contributed by atoms with Crippen LogP contribution in [0, 0.1) is 11.3 Å². The van der Waals surface area contributed by atoms with Gasteiger partial charge in [0.15, 0.2) is 0 Å². The summed E-state index contributed by atoms with van der Waals surface area (Å²) < 4.78 is 6.75. The van der Waals surface area contributed by atoms with E-state index in [1.807, 2.05) is 36.4 Å². The quantitative estimate of drug-likeness (QED) is 0.904. The predicted molar refractivity (Wildman–Crippen MR) is 86.6 cm³/mol. The zero-order chi connectivity index (χ0) is 14.7. The van der Waals surface area contributed by atoms with Gasteiger partial charge in [-0.15, -0.1) is 0 Å². The Labute approximate surface area is 132 Å². The highest BCUT2D eigenvalue weighted by molar-refractivity contribution is 9.10. The topological polar surface area (TPSA) is 45.0 Å². The molecule has 4 heteroatoms. The number of rotatable bonds is 3. The third-order valence-electron chi connectivity index (χ3n) is 3.73. The lowest BCUT2D eigenvalue weighted by molar-refractivity contribution is 0.270. The van der Waals surface area contributed by atoms with E-state index in [1.165, 1.54) is 5.56 Å². The summed E-state index contributed by atoms with van der Waals surface area (Å²) in [4.78, 5) is 0. The normalized spacial score (nSPS) is 16.5. The minimum Gasteiger partial charge on any atom is -0.493 e. The Morgan fingerprint density at radius 3 is 3.00 bits per heavy atom. The molecule has 3 rings (SSSR count). The zero-order valence-corrected chi connectivity index (χ0v) is 13.1. The fraction of sp³-hybridized carbons (Fsp3) is 0.235. The van der Waals surface area contributed by atoms with E-state index in [2.05, 4.69) is 33.4 Å². The number of nitriles is 1. The third-order valence-corrected chi connectivity index (χ3v) is 4.22. The van der Waals surface area contributed by atoms with Crippen molar-refractivity contribution in [3.63, 3.8) is 0 Å². The van der Waals surface area contributed by atoms with Crippen LogP contribution in [0.3, 0.4) is 0 Å². The second kappa shape index (κ2) is 6.19. The lowest BCUT2D eigenvalue weighted by atomic mass is 9.93. The molecule has 1 heterocycles. The van der Waals surface area contributed by atoms with Gasteiger partial charge in [-0.1, -0.05) is 34.1 Å². The Morgan fingerprint density at radius 2 is 2.14 bits per heavy atom. The molecule has 106 valence electrons. The van der Waals surface area contributed by atoms with Gasteiger partial charge in [0.2, 0.25) is 0 Å². The van der Waals surface area contributed by atoms with Gasteiger partial charge in [0.1, 0.15) is 11.8 Å². The van der Waals surface area contributed by atoms with Crippen LogP contribution in [-0.4, -0.2) is 13.2 Å². The number of nitrogens with one attached hydrogen (secondary N) is 1. The molecule has 0 unspecified atom stereocenters. The number of benzene rings is 2. The van der Waals surface area contributed by atoms with E-state index >= 15 is 0 Å². The van der Waals surface area contributed by atoms with E-state index in [-0.39, 0.29) is 0 Å². The number of nitrogens with zero attached hydrogens (tertiary/aromatic N) is 1. The van der Waals surface area contributed by atoms with Gasteiger partial charge in [0.05, 0.1) is 17.9 Å². The molecule has 1 aliphatic rings. The monoisotopic (exact) mass is 342 g/mol. The van der Waals surface area contributed by atoms with Crippen LogP contribution >= 0.6 is 15.9 Å². The van der Waals surface area contributed by atoms with Crippen molar-refractivity contribution in [2.24, 2.45) is 0 Å². The van der Waals surface area contributed by atoms with Gasteiger partial charge in [-0.25, -0.2) is 0 Å². The average molecular weight is 343 g/mol. The molecular weight excluding hydrogens is 328 g/mol. The molecule has 1 N–H and O–H groups in total. The number of fused-ring (bicyclic) bond motifs is 1. The van der Waals surface area contributed by atoms with E-state index in [1.54, 1.807) is 0 Å². The summed E-state index contributed by atoms with van der Waals surface area (Å²) in [6.45, 7) is 1.53. The van der Waals surface area contributed by atoms with Crippen molar-refractivity contribution < 1.29 is 4.74 Å². The first-order valence-corrected chi connectivity index (χ1v) is 7.72. The first-order chi connectivity index (χ1) is 10.3. The molecule has 0 saturated carbocycles. The fourth-order valence-corrected chi connectivity index (χ4v) is 2.96. The summed E-state index contributed by atoms with van der Waals surface area (Å²) in [6, 6.07) is 16.0. The lowest BCUT2D eigenvalue weighted by Gasteiger charge is -2.26. The summed E-state index contributed by atoms with van der Waals surface area (Å²) in [5.41, 5.74) is 2.80. The fourth-order valence-electron chi connectivity index (χ4n) is 2.62. The Morgan fingerprint density at radius 1 is 1.29 bits per heavy atom. The highest BCUT2D eigenvalue weighted by atomic mass is 79.9. The largest absolute Gasteiger partial charge is 0.493 e. The van der Waals surface area contributed by atoms with E-state index in [4.69, 9.17) is 10.00 Å². The van der Waals surface area contributed by atoms with Crippen LogP contribution in [0.2, 0.25) is 0 Å². The Hall–Kier alpha value is -1.99. The molecule has 2 aromatic rings. The van der Waals surface area contributed by atoms with Gasteiger partial charge in [-0.05, 0) is 36.2 Å². The number of anilines is 1. The molecular formula is C17H15BrN2O. The molecule has 0 fully saturated rings. The molecule has 0 aliphatic carbocycles. The van der Waals surface area contributed by atoms with E-state index < -0.39 is 0 Å². The van der Waals surface area contributed by atoms with Crippen molar-refractivity contribution in [2.45, 2.75) is 12.3 Å². The van der Waals surface area contributed by atoms with Gasteiger partial charge >= 0.3 is 0 Å². The van der Waals surface area contributed by atoms with Gasteiger partial charge in [-0.3, -0.25) is 0 Å². The lowest BCUT2D eigenvalue weighted by Crippen LogP contribution is -2.21. The third kappa shape index (κ3) is 3.03. The molecule has 2 aromatic carbocycles. The first kappa shape index (κ1) is 14.0. The smallest absolute Gasteiger partial charge is 0.123 e. The summed E-state index contributed by atoms with van der Waals surface area (Å²) in [6.07, 6.45) is 0.982. The summed E-state index contributed by atoms with van der Waals surface area (Å²) in [5.74, 6) is 1.35. The van der Waals surface area contributed by atoms with Crippen LogP contribution in [0.15, 0.2) is 46.9 Å². The van der Waals surface area contributed by atoms with Crippen molar-refractivity contribution in [1.29, 1.82) is 5.26 Å². The second-order valence-electron chi connectivity index (χ2n) is 5.05. The van der Waals surface area contributed by atoms with Crippen molar-refractivity contribution in [3.8, 4) is 11.8 Å². The van der Waals surface area contributed by atoms with Crippen molar-refractivity contribution in [2.75, 3.05) is 18.5 Å². The maximum Gasteiger partial charge on any atom is 0.123 e. The number of halogens is 1. The van der Waals surface area contributed by atoms with Crippen molar-refractivity contribution >= 4 is 21.6 Å². The van der Waals surface area contributed by atoms with Gasteiger partial charge in [0, 0.05) is 16.9 Å². The minimum atomic E-state index is 0.397. The first-order valence-electron chi connectivity index (χ1n) is 6.93. The number of ether oxygens (including phenoxy) is 1. The Bertz CT molecular complexity index is 693. The molecule has 3 nitrogen and oxygen atoms in total. The molecule has 1 aliphatic heterocycles. The molecule has 1 atom stereocenters. The van der Waals surface area contributed by atoms with Crippen molar-refractivity contribution in [1.82, 2.24) is 0 Å². The standard InChI is InChI=1S/C17H15BrN2O/c18-14-5-6-15-13(7-8-21-17(15)9-14)11-20-16-4-2-1-3-12(16)10-19/h1-6,9,13,20H,7-8,11H2/t13-/m0/s1. The molecule has 0 saturated heterocycles. The number of hydrogen-bond donors (Lipinski definition) is 1. The van der Waals surface area contributed by atoms with Crippen LogP contribution < -0.4 is 10.1 Å². The summed E-state index contributed by atoms with van der Waals surface area (Å²) >= 11 is 3.47.